The molecule has 0 spiro atoms. The summed E-state index contributed by atoms with van der Waals surface area (Å²) in [6.07, 6.45) is 0. The zero-order valence-corrected chi connectivity index (χ0v) is 16.8. The van der Waals surface area contributed by atoms with Crippen LogP contribution in [0.15, 0.2) is 56.9 Å². The smallest absolute Gasteiger partial charge is 0.335 e. The number of hydrogen-bond donors (Lipinski definition) is 2. The topological polar surface area (TPSA) is 104 Å². The van der Waals surface area contributed by atoms with E-state index in [-0.39, 0.29) is 11.4 Å². The molecule has 140 valence electrons. The van der Waals surface area contributed by atoms with Gasteiger partial charge in [0.25, 0.3) is 5.91 Å². The number of thiazole rings is 1. The summed E-state index contributed by atoms with van der Waals surface area (Å²) < 4.78 is 2.24. The predicted molar refractivity (Wildman–Crippen MR) is 106 cm³/mol. The number of carboxylic acids is 1. The van der Waals surface area contributed by atoms with E-state index in [1.807, 2.05) is 0 Å². The van der Waals surface area contributed by atoms with Gasteiger partial charge in [-0.1, -0.05) is 33.3 Å². The van der Waals surface area contributed by atoms with Crippen molar-refractivity contribution >= 4 is 50.4 Å². The minimum atomic E-state index is -1.05. The Kier molecular flexibility index (Phi) is 4.48. The molecular weight excluding hydrogens is 446 g/mol. The maximum atomic E-state index is 12.5. The number of nitrogens with zero attached hydrogens (tertiary/aromatic N) is 3. The first-order chi connectivity index (χ1) is 13.3. The lowest BCUT2D eigenvalue weighted by Crippen LogP contribution is -2.22. The first kappa shape index (κ1) is 18.3. The molecule has 1 amide bonds. The summed E-state index contributed by atoms with van der Waals surface area (Å²) in [5, 5.41) is 20.9. The molecule has 0 saturated carbocycles. The third-order valence-electron chi connectivity index (χ3n) is 4.21. The zero-order chi connectivity index (χ0) is 20.0. The van der Waals surface area contributed by atoms with Crippen molar-refractivity contribution in [2.24, 2.45) is 17.0 Å². The molecule has 1 aromatic heterocycles. The van der Waals surface area contributed by atoms with Gasteiger partial charge in [-0.15, -0.1) is 0 Å². The first-order valence-corrected chi connectivity index (χ1v) is 9.66. The molecule has 2 aromatic carbocycles. The Morgan fingerprint density at radius 1 is 1.25 bits per heavy atom. The van der Waals surface area contributed by atoms with E-state index in [2.05, 4.69) is 25.9 Å². The van der Waals surface area contributed by atoms with Crippen LogP contribution in [0.2, 0.25) is 0 Å². The number of hydrogen-bond acceptors (Lipinski definition) is 5. The maximum absolute atomic E-state index is 12.5. The summed E-state index contributed by atoms with van der Waals surface area (Å²) in [7, 11) is 1.62. The van der Waals surface area contributed by atoms with Crippen molar-refractivity contribution in [2.45, 2.75) is 0 Å². The number of benzene rings is 2. The van der Waals surface area contributed by atoms with E-state index in [0.29, 0.717) is 31.5 Å². The number of rotatable bonds is 3. The average Bonchev–Trinajstić information content (AvgIpc) is 3.12. The Bertz CT molecular complexity index is 1350. The van der Waals surface area contributed by atoms with E-state index < -0.39 is 11.9 Å². The molecule has 0 radical (unpaired) electrons. The number of carbonyl (C=O) groups is 2. The molecule has 9 heteroatoms. The number of carbonyl (C=O) groups excluding carboxylic acids is 1. The van der Waals surface area contributed by atoms with E-state index >= 15 is 0 Å². The van der Waals surface area contributed by atoms with Gasteiger partial charge in [0, 0.05) is 16.7 Å². The minimum absolute atomic E-state index is 0.107. The van der Waals surface area contributed by atoms with E-state index in [1.165, 1.54) is 16.7 Å². The molecule has 2 heterocycles. The summed E-state index contributed by atoms with van der Waals surface area (Å²) in [5.41, 5.74) is 0.858. The van der Waals surface area contributed by atoms with E-state index in [1.54, 1.807) is 37.4 Å². The van der Waals surface area contributed by atoms with Crippen molar-refractivity contribution in [3.05, 3.63) is 72.8 Å². The highest BCUT2D eigenvalue weighted by molar-refractivity contribution is 9.10. The Morgan fingerprint density at radius 3 is 2.79 bits per heavy atom. The summed E-state index contributed by atoms with van der Waals surface area (Å²) in [4.78, 5) is 32.9. The summed E-state index contributed by atoms with van der Waals surface area (Å²) >= 11 is 4.52. The molecule has 0 atom stereocenters. The lowest BCUT2D eigenvalue weighted by Gasteiger charge is -1.99. The number of fused-ring (bicyclic) bond motifs is 1. The van der Waals surface area contributed by atoms with Crippen molar-refractivity contribution in [1.29, 1.82) is 0 Å². The second-order valence-electron chi connectivity index (χ2n) is 6.02. The SMILES string of the molecule is Cn1c(O)c(C2=c3cc(Br)ccc3=NC2=O)sc1=Nc1cccc(C(=O)O)c1. The average molecular weight is 458 g/mol. The highest BCUT2D eigenvalue weighted by atomic mass is 79.9. The van der Waals surface area contributed by atoms with Gasteiger partial charge >= 0.3 is 5.97 Å². The number of halogens is 1. The molecule has 0 fully saturated rings. The van der Waals surface area contributed by atoms with Crippen LogP contribution >= 0.6 is 27.3 Å². The molecule has 2 N–H and O–H groups in total. The largest absolute Gasteiger partial charge is 0.493 e. The van der Waals surface area contributed by atoms with Crippen LogP contribution in [0.25, 0.3) is 5.57 Å². The number of aromatic hydroxyl groups is 1. The van der Waals surface area contributed by atoms with E-state index in [9.17, 15) is 14.7 Å². The quantitative estimate of drug-likeness (QED) is 0.625. The molecule has 0 aliphatic carbocycles. The lowest BCUT2D eigenvalue weighted by molar-refractivity contribution is -0.112. The van der Waals surface area contributed by atoms with Gasteiger partial charge in [0.05, 0.1) is 22.2 Å². The maximum Gasteiger partial charge on any atom is 0.335 e. The third kappa shape index (κ3) is 3.08. The van der Waals surface area contributed by atoms with Gasteiger partial charge in [0.1, 0.15) is 4.88 Å². The molecule has 0 unspecified atom stereocenters. The van der Waals surface area contributed by atoms with Crippen molar-refractivity contribution in [2.75, 3.05) is 0 Å². The van der Waals surface area contributed by atoms with Gasteiger partial charge in [0.15, 0.2) is 4.80 Å². The van der Waals surface area contributed by atoms with Gasteiger partial charge in [0.2, 0.25) is 5.88 Å². The van der Waals surface area contributed by atoms with Gasteiger partial charge in [-0.05, 0) is 36.4 Å². The lowest BCUT2D eigenvalue weighted by atomic mass is 10.1. The van der Waals surface area contributed by atoms with Crippen molar-refractivity contribution in [3.8, 4) is 5.88 Å². The standard InChI is InChI=1S/C19H12BrN3O4S/c1-23-17(25)15(14-12-8-10(20)5-6-13(12)22-16(14)24)28-19(23)21-11-4-2-3-9(7-11)18(26)27/h2-8,25H,1H3,(H,26,27). The van der Waals surface area contributed by atoms with Gasteiger partial charge in [-0.25, -0.2) is 14.8 Å². The minimum Gasteiger partial charge on any atom is -0.493 e. The van der Waals surface area contributed by atoms with Crippen LogP contribution in [0.5, 0.6) is 5.88 Å². The molecule has 0 saturated heterocycles. The monoisotopic (exact) mass is 457 g/mol. The fourth-order valence-electron chi connectivity index (χ4n) is 2.83. The normalized spacial score (nSPS) is 13.6. The van der Waals surface area contributed by atoms with E-state index in [4.69, 9.17) is 5.11 Å². The molecule has 0 bridgehead atoms. The highest BCUT2D eigenvalue weighted by Crippen LogP contribution is 2.28. The fourth-order valence-corrected chi connectivity index (χ4v) is 4.28. The second kappa shape index (κ2) is 6.84. The number of aromatic carboxylic acids is 1. The van der Waals surface area contributed by atoms with E-state index in [0.717, 1.165) is 15.8 Å². The van der Waals surface area contributed by atoms with Crippen LogP contribution in [0.1, 0.15) is 15.2 Å². The fraction of sp³-hybridized carbons (Fsp3) is 0.0526. The van der Waals surface area contributed by atoms with Gasteiger partial charge in [-0.2, -0.15) is 0 Å². The molecule has 1 aliphatic rings. The zero-order valence-electron chi connectivity index (χ0n) is 14.4. The predicted octanol–water partition coefficient (Wildman–Crippen LogP) is 1.84. The summed E-state index contributed by atoms with van der Waals surface area (Å²) in [6.45, 7) is 0. The molecule has 7 nitrogen and oxygen atoms in total. The van der Waals surface area contributed by atoms with Crippen molar-refractivity contribution < 1.29 is 19.8 Å². The molecular formula is C19H12BrN3O4S. The van der Waals surface area contributed by atoms with Crippen LogP contribution in [0, 0.1) is 0 Å². The Hall–Kier alpha value is -3.04. The van der Waals surface area contributed by atoms with Gasteiger partial charge < -0.3 is 10.2 Å². The second-order valence-corrected chi connectivity index (χ2v) is 7.91. The van der Waals surface area contributed by atoms with Crippen LogP contribution in [-0.2, 0) is 11.8 Å². The number of carboxylic acid groups (broad SMARTS) is 1. The molecule has 1 aliphatic heterocycles. The Balaban J connectivity index is 1.93. The number of aromatic nitrogens is 1. The van der Waals surface area contributed by atoms with Crippen LogP contribution in [0.3, 0.4) is 0 Å². The van der Waals surface area contributed by atoms with Gasteiger partial charge in [-0.3, -0.25) is 9.36 Å². The third-order valence-corrected chi connectivity index (χ3v) is 5.84. The molecule has 4 rings (SSSR count). The Morgan fingerprint density at radius 2 is 2.04 bits per heavy atom. The molecule has 28 heavy (non-hydrogen) atoms. The summed E-state index contributed by atoms with van der Waals surface area (Å²) in [6, 6.07) is 11.5. The highest BCUT2D eigenvalue weighted by Gasteiger charge is 2.25. The first-order valence-electron chi connectivity index (χ1n) is 8.05. The summed E-state index contributed by atoms with van der Waals surface area (Å²) in [5.74, 6) is -1.58. The van der Waals surface area contributed by atoms with Crippen LogP contribution in [-0.4, -0.2) is 26.7 Å². The van der Waals surface area contributed by atoms with Crippen LogP contribution in [0.4, 0.5) is 5.69 Å². The van der Waals surface area contributed by atoms with Crippen LogP contribution < -0.4 is 15.4 Å². The van der Waals surface area contributed by atoms with Crippen molar-refractivity contribution in [3.63, 3.8) is 0 Å². The Labute approximate surface area is 170 Å². The molecule has 3 aromatic rings. The van der Waals surface area contributed by atoms with Crippen molar-refractivity contribution in [1.82, 2.24) is 4.57 Å². The number of amides is 1.